The molecule has 600 valence electrons. The zero-order valence-corrected chi connectivity index (χ0v) is 66.0. The van der Waals surface area contributed by atoms with Crippen LogP contribution in [0, 0.1) is 5.92 Å². The van der Waals surface area contributed by atoms with Gasteiger partial charge in [-0.15, -0.1) is 0 Å². The highest BCUT2D eigenvalue weighted by Gasteiger charge is 2.54. The minimum atomic E-state index is -3.90. The van der Waals surface area contributed by atoms with E-state index in [9.17, 15) is 50.7 Å². The normalized spacial score (nSPS) is 25.4. The predicted octanol–water partition coefficient (Wildman–Crippen LogP) is 1.99. The van der Waals surface area contributed by atoms with Crippen molar-refractivity contribution in [2.24, 2.45) is 5.92 Å². The number of para-hydroxylation sites is 2. The van der Waals surface area contributed by atoms with E-state index < -0.39 is 213 Å². The van der Waals surface area contributed by atoms with Crippen LogP contribution in [0.4, 0.5) is 0 Å². The average Bonchev–Trinajstić information content (AvgIpc) is 0.746. The van der Waals surface area contributed by atoms with Gasteiger partial charge in [0.1, 0.15) is 74.1 Å². The van der Waals surface area contributed by atoms with E-state index >= 15 is 33.6 Å². The summed E-state index contributed by atoms with van der Waals surface area (Å²) in [5.41, 5.74) is 3.43. The summed E-state index contributed by atoms with van der Waals surface area (Å²) < 4.78 is 51.9. The van der Waals surface area contributed by atoms with E-state index in [1.807, 2.05) is 0 Å². The highest BCUT2D eigenvalue weighted by molar-refractivity contribution is 7.90. The zero-order chi connectivity index (χ0) is 81.4. The number of amides is 11. The van der Waals surface area contributed by atoms with Crippen molar-refractivity contribution in [2.45, 2.75) is 157 Å². The van der Waals surface area contributed by atoms with Crippen molar-refractivity contribution in [3.63, 3.8) is 0 Å². The molecule has 12 atom stereocenters. The lowest BCUT2D eigenvalue weighted by molar-refractivity contribution is -0.170. The summed E-state index contributed by atoms with van der Waals surface area (Å²) in [6.45, 7) is 2.01. The number of ketones is 1. The van der Waals surface area contributed by atoms with E-state index in [0.717, 1.165) is 37.0 Å². The van der Waals surface area contributed by atoms with Gasteiger partial charge >= 0.3 is 5.97 Å². The van der Waals surface area contributed by atoms with E-state index in [4.69, 9.17) is 11.6 Å². The number of likely N-dealkylation sites (tertiary alicyclic amines) is 1. The van der Waals surface area contributed by atoms with E-state index in [0.29, 0.717) is 49.1 Å². The molecule has 7 heterocycles. The van der Waals surface area contributed by atoms with Gasteiger partial charge in [-0.05, 0) is 98.9 Å². The van der Waals surface area contributed by atoms with Crippen molar-refractivity contribution < 1.29 is 84.3 Å². The Hall–Kier alpha value is -10.5. The number of nitrogens with zero attached hydrogens (tertiary/aromatic N) is 7. The molecule has 6 aromatic rings. The Labute approximate surface area is 654 Å². The number of carboxylic acid groups (broad SMARTS) is 1. The van der Waals surface area contributed by atoms with Crippen LogP contribution in [0.25, 0.3) is 21.8 Å². The summed E-state index contributed by atoms with van der Waals surface area (Å²) in [6, 6.07) is 13.0. The molecule has 11 rings (SSSR count). The molecule has 2 bridgehead atoms. The van der Waals surface area contributed by atoms with Gasteiger partial charge in [-0.25, -0.2) is 21.6 Å². The van der Waals surface area contributed by atoms with Crippen molar-refractivity contribution in [3.8, 4) is 0 Å². The topological polar surface area (TPSA) is 413 Å². The third kappa shape index (κ3) is 20.0. The molecule has 0 saturated carbocycles. The second-order valence-electron chi connectivity index (χ2n) is 29.8. The standard InChI is InChI=1S/C78H96ClN13O18S2/c1-45-69(96)83-57(30-34-111(7,107)108)73(100)88(5)64(36-47-18-10-9-11-19-47)71(98)85-59(38-50-42-80-55-22-14-12-20-53(50)55)75(102)90-32-16-24-60(90)76(103)86(3)44-67(95)87(4)63(37-48-26-28-52(79)29-27-48)70(97)84-58(31-35-112(8,109)110)74(101)89(6)68-46(2)92(77(68)104)62(39-51-43-81-56-23-15-13-21-54(51)56)65(93)40-49(41-66(94)82-45)72(99)91-33-17-25-61(91)78(105)106/h9-15,18-23,26-29,42-43,45-46,49,57-64,68,80-81H,16-17,24-25,30-41,44H2,1-8H3,(H,82,94)(H,83,96)(H,84,97)(H,85,98)(H,105,106)/t45?,46?,49?,57-,58-,59?,60-,61-,62-,63-,64-,68+/m0/s1. The summed E-state index contributed by atoms with van der Waals surface area (Å²) in [7, 11) is -2.64. The first kappa shape index (κ1) is 83.9. The molecule has 34 heteroatoms. The van der Waals surface area contributed by atoms with Crippen molar-refractivity contribution in [3.05, 3.63) is 143 Å². The van der Waals surface area contributed by atoms with E-state index in [-0.39, 0.29) is 64.5 Å². The summed E-state index contributed by atoms with van der Waals surface area (Å²) in [5, 5.41) is 22.7. The van der Waals surface area contributed by atoms with Gasteiger partial charge in [0.05, 0.1) is 36.1 Å². The number of aliphatic carboxylic acids is 1. The molecule has 0 spiro atoms. The van der Waals surface area contributed by atoms with Gasteiger partial charge in [0.25, 0.3) is 0 Å². The van der Waals surface area contributed by atoms with Crippen molar-refractivity contribution in [1.29, 1.82) is 0 Å². The number of halogens is 1. The molecule has 2 aromatic heterocycles. The first-order valence-electron chi connectivity index (χ1n) is 37.2. The molecule has 5 aliphatic rings. The monoisotopic (exact) mass is 1600 g/mol. The molecule has 31 nitrogen and oxygen atoms in total. The predicted molar refractivity (Wildman–Crippen MR) is 414 cm³/mol. The summed E-state index contributed by atoms with van der Waals surface area (Å²) in [5.74, 6) is -14.9. The number of carbonyl (C=O) groups is 13. The number of carboxylic acids is 1. The molecule has 4 aromatic carbocycles. The fourth-order valence-electron chi connectivity index (χ4n) is 15.5. The number of benzene rings is 4. The second-order valence-corrected chi connectivity index (χ2v) is 34.8. The molecule has 4 unspecified atom stereocenters. The number of H-pyrrole nitrogens is 2. The SMILES string of the molecule is CC1NC(=O)CC(C(=O)N2CCC[C@H]2C(=O)O)CC(=O)[C@H](Cc2c[nH]c3ccccc23)N2C(=O)[C@@H](C2C)N(C)C(=O)[C@H](CCS(C)(=O)=O)NC(=O)[C@H](Cc2ccc(Cl)cc2)N(C)C(=O)CN(C)C(=O)[C@@H]2CCCN2C(=O)C(Cc2c[nH]c3ccccc23)NC(=O)[C@H](Cc2ccccc2)N(C)C(=O)[C@H](CCS(C)(=O)=O)NC1=O. The molecular formula is C78H96ClN13O18S2. The maximum Gasteiger partial charge on any atom is 0.326 e. The summed E-state index contributed by atoms with van der Waals surface area (Å²) >= 11 is 6.30. The van der Waals surface area contributed by atoms with Gasteiger partial charge in [0.15, 0.2) is 5.78 Å². The highest BCUT2D eigenvalue weighted by atomic mass is 35.5. The number of β-lactam (4-membered cyclic amide) rings is 1. The van der Waals surface area contributed by atoms with Gasteiger partial charge in [0, 0.05) is 132 Å². The average molecular weight is 1600 g/mol. The Morgan fingerprint density at radius 1 is 0.536 bits per heavy atom. The van der Waals surface area contributed by atoms with Crippen LogP contribution in [0.15, 0.2) is 116 Å². The summed E-state index contributed by atoms with van der Waals surface area (Å²) in [6.07, 6.45) is 2.17. The fraction of sp³-hybridized carbons (Fsp3) is 0.474. The zero-order valence-electron chi connectivity index (χ0n) is 63.6. The third-order valence-electron chi connectivity index (χ3n) is 21.7. The van der Waals surface area contributed by atoms with Gasteiger partial charge in [-0.3, -0.25) is 57.5 Å². The number of hydrogen-bond donors (Lipinski definition) is 7. The first-order valence-corrected chi connectivity index (χ1v) is 41.7. The lowest BCUT2D eigenvalue weighted by Crippen LogP contribution is -2.74. The van der Waals surface area contributed by atoms with Crippen LogP contribution in [0.5, 0.6) is 0 Å². The molecule has 11 amide bonds. The highest BCUT2D eigenvalue weighted by Crippen LogP contribution is 2.34. The number of fused-ring (bicyclic) bond motifs is 29. The molecule has 112 heavy (non-hydrogen) atoms. The van der Waals surface area contributed by atoms with Crippen LogP contribution in [0.3, 0.4) is 0 Å². The fourth-order valence-corrected chi connectivity index (χ4v) is 16.9. The number of likely N-dealkylation sites (N-methyl/N-ethyl adjacent to an activating group) is 4. The Morgan fingerprint density at radius 2 is 1.05 bits per heavy atom. The Bertz CT molecular complexity index is 4830. The number of sulfone groups is 2. The quantitative estimate of drug-likeness (QED) is 0.0538. The van der Waals surface area contributed by atoms with Crippen molar-refractivity contribution in [1.82, 2.24) is 65.5 Å². The number of hydrogen-bond acceptors (Lipinski definition) is 17. The maximum atomic E-state index is 15.6. The number of carbonyl (C=O) groups excluding carboxylic acids is 12. The number of aromatic amines is 2. The summed E-state index contributed by atoms with van der Waals surface area (Å²) in [4.78, 5) is 208. The largest absolute Gasteiger partial charge is 0.480 e. The molecule has 5 saturated heterocycles. The molecule has 0 aliphatic carbocycles. The van der Waals surface area contributed by atoms with Crippen LogP contribution in [-0.4, -0.2) is 281 Å². The molecule has 5 fully saturated rings. The van der Waals surface area contributed by atoms with Crippen molar-refractivity contribution >= 4 is 130 Å². The molecule has 7 N–H and O–H groups in total. The van der Waals surface area contributed by atoms with Crippen LogP contribution < -0.4 is 21.3 Å². The Morgan fingerprint density at radius 3 is 1.62 bits per heavy atom. The first-order chi connectivity index (χ1) is 53.0. The van der Waals surface area contributed by atoms with Gasteiger partial charge in [-0.2, -0.15) is 0 Å². The third-order valence-corrected chi connectivity index (χ3v) is 24.0. The van der Waals surface area contributed by atoms with Crippen LogP contribution in [-0.2, 0) is 108 Å². The van der Waals surface area contributed by atoms with Crippen molar-refractivity contribution in [2.75, 3.05) is 71.8 Å². The Kier molecular flexibility index (Phi) is 26.9. The Balaban J connectivity index is 1.05. The second kappa shape index (κ2) is 35.9. The van der Waals surface area contributed by atoms with Crippen LogP contribution in [0.2, 0.25) is 5.02 Å². The maximum absolute atomic E-state index is 15.6. The van der Waals surface area contributed by atoms with E-state index in [1.165, 1.54) is 44.9 Å². The van der Waals surface area contributed by atoms with Gasteiger partial charge in [-0.1, -0.05) is 90.5 Å². The van der Waals surface area contributed by atoms with Gasteiger partial charge < -0.3 is 70.6 Å². The number of aromatic nitrogens is 2. The molecule has 0 radical (unpaired) electrons. The number of Topliss-reactive ketones (excluding diaryl/α,β-unsaturated/α-hetero) is 1. The molecule has 5 aliphatic heterocycles. The lowest BCUT2D eigenvalue weighted by Gasteiger charge is -2.52. The molecular weight excluding hydrogens is 1510 g/mol. The van der Waals surface area contributed by atoms with Crippen LogP contribution >= 0.6 is 11.6 Å². The minimum Gasteiger partial charge on any atom is -0.480 e. The van der Waals surface area contributed by atoms with E-state index in [2.05, 4.69) is 31.2 Å². The smallest absolute Gasteiger partial charge is 0.326 e. The number of rotatable bonds is 16. The van der Waals surface area contributed by atoms with E-state index in [1.54, 1.807) is 122 Å². The van der Waals surface area contributed by atoms with Gasteiger partial charge in [0.2, 0.25) is 65.0 Å². The lowest BCUT2D eigenvalue weighted by atomic mass is 9.85. The number of nitrogens with one attached hydrogen (secondary N) is 6. The van der Waals surface area contributed by atoms with Crippen LogP contribution in [0.1, 0.15) is 87.5 Å². The minimum absolute atomic E-state index is 0.00392.